The number of ether oxygens (including phenoxy) is 1. The molecule has 4 atom stereocenters. The Morgan fingerprint density at radius 2 is 2.00 bits per heavy atom. The maximum absolute atomic E-state index is 12.7. The van der Waals surface area contributed by atoms with Crippen LogP contribution in [0.4, 0.5) is 5.69 Å². The lowest BCUT2D eigenvalue weighted by atomic mass is 9.89. The smallest absolute Gasteiger partial charge is 0.324 e. The number of sulfonamides is 1. The number of fused-ring (bicyclic) bond motifs is 2. The SMILES string of the molecule is C=CCN(CC(N)C(=O)OC)S(=O)(=O)c1ccccc1[N+](=O)[O-].COOC[C@]12CCC[C@H]1C[C@H](c1cnc3ccccc3c1)N2. The highest BCUT2D eigenvalue weighted by atomic mass is 32.2. The number of benzene rings is 2. The lowest BCUT2D eigenvalue weighted by Gasteiger charge is -2.29. The van der Waals surface area contributed by atoms with Crippen molar-refractivity contribution in [2.45, 2.75) is 48.2 Å². The van der Waals surface area contributed by atoms with Gasteiger partial charge in [-0.1, -0.05) is 42.8 Å². The molecule has 2 heterocycles. The first-order valence-corrected chi connectivity index (χ1v) is 16.0. The van der Waals surface area contributed by atoms with E-state index in [2.05, 4.69) is 45.9 Å². The largest absolute Gasteiger partial charge is 0.468 e. The molecule has 242 valence electrons. The molecular formula is C31H39N5O8S. The fourth-order valence-corrected chi connectivity index (χ4v) is 7.68. The Balaban J connectivity index is 0.000000205. The minimum atomic E-state index is -4.24. The van der Waals surface area contributed by atoms with Crippen LogP contribution in [0.1, 0.15) is 37.3 Å². The second-order valence-electron chi connectivity index (χ2n) is 11.0. The average molecular weight is 642 g/mol. The molecule has 2 fully saturated rings. The first-order valence-electron chi connectivity index (χ1n) is 14.5. The van der Waals surface area contributed by atoms with Crippen molar-refractivity contribution < 1.29 is 32.6 Å². The molecule has 1 aliphatic heterocycles. The fraction of sp³-hybridized carbons (Fsp3) is 0.419. The minimum Gasteiger partial charge on any atom is -0.468 e. The molecule has 1 aromatic heterocycles. The van der Waals surface area contributed by atoms with Crippen LogP contribution in [0.5, 0.6) is 0 Å². The number of nitrogens with zero attached hydrogens (tertiary/aromatic N) is 3. The van der Waals surface area contributed by atoms with E-state index in [9.17, 15) is 23.3 Å². The van der Waals surface area contributed by atoms with Crippen molar-refractivity contribution in [2.24, 2.45) is 11.7 Å². The van der Waals surface area contributed by atoms with Crippen molar-refractivity contribution >= 4 is 32.6 Å². The van der Waals surface area contributed by atoms with E-state index in [0.29, 0.717) is 18.6 Å². The Morgan fingerprint density at radius 3 is 2.71 bits per heavy atom. The van der Waals surface area contributed by atoms with E-state index < -0.39 is 44.1 Å². The van der Waals surface area contributed by atoms with E-state index >= 15 is 0 Å². The van der Waals surface area contributed by atoms with Gasteiger partial charge in [0.15, 0.2) is 4.90 Å². The molecule has 2 aromatic carbocycles. The van der Waals surface area contributed by atoms with Crippen molar-refractivity contribution in [3.05, 3.63) is 89.1 Å². The van der Waals surface area contributed by atoms with Gasteiger partial charge >= 0.3 is 5.97 Å². The molecule has 14 heteroatoms. The highest BCUT2D eigenvalue weighted by Gasteiger charge is 2.50. The van der Waals surface area contributed by atoms with E-state index in [1.807, 2.05) is 12.3 Å². The lowest BCUT2D eigenvalue weighted by Crippen LogP contribution is -2.46. The van der Waals surface area contributed by atoms with Crippen LogP contribution in [0.2, 0.25) is 0 Å². The van der Waals surface area contributed by atoms with Crippen LogP contribution in [0.25, 0.3) is 10.9 Å². The molecule has 0 spiro atoms. The number of nitro groups is 1. The van der Waals surface area contributed by atoms with Crippen molar-refractivity contribution in [3.63, 3.8) is 0 Å². The van der Waals surface area contributed by atoms with Gasteiger partial charge in [0, 0.05) is 42.3 Å². The zero-order valence-electron chi connectivity index (χ0n) is 25.3. The number of aromatic nitrogens is 1. The molecule has 2 aliphatic rings. The summed E-state index contributed by atoms with van der Waals surface area (Å²) in [6, 6.07) is 14.6. The number of hydrogen-bond acceptors (Lipinski definition) is 11. The summed E-state index contributed by atoms with van der Waals surface area (Å²) in [5.74, 6) is -0.129. The van der Waals surface area contributed by atoms with Gasteiger partial charge in [0.2, 0.25) is 10.0 Å². The zero-order valence-corrected chi connectivity index (χ0v) is 26.1. The summed E-state index contributed by atoms with van der Waals surface area (Å²) in [4.78, 5) is 35.9. The molecule has 0 radical (unpaired) electrons. The Kier molecular flexibility index (Phi) is 11.4. The van der Waals surface area contributed by atoms with Crippen molar-refractivity contribution in [1.29, 1.82) is 0 Å². The van der Waals surface area contributed by atoms with Gasteiger partial charge < -0.3 is 15.8 Å². The van der Waals surface area contributed by atoms with E-state index in [1.165, 1.54) is 48.4 Å². The summed E-state index contributed by atoms with van der Waals surface area (Å²) in [6.45, 7) is 3.51. The number of para-hydroxylation sites is 2. The van der Waals surface area contributed by atoms with Gasteiger partial charge in [-0.05, 0) is 48.9 Å². The Bertz CT molecular complexity index is 1620. The predicted octanol–water partition coefficient (Wildman–Crippen LogP) is 3.66. The maximum atomic E-state index is 12.7. The van der Waals surface area contributed by atoms with Gasteiger partial charge in [0.1, 0.15) is 12.6 Å². The second-order valence-corrected chi connectivity index (χ2v) is 12.9. The van der Waals surface area contributed by atoms with Gasteiger partial charge in [0.25, 0.3) is 5.69 Å². The summed E-state index contributed by atoms with van der Waals surface area (Å²) in [5.41, 5.74) is 7.44. The summed E-state index contributed by atoms with van der Waals surface area (Å²) < 4.78 is 30.6. The van der Waals surface area contributed by atoms with Crippen LogP contribution < -0.4 is 11.1 Å². The van der Waals surface area contributed by atoms with Gasteiger partial charge in [-0.3, -0.25) is 19.9 Å². The first kappa shape index (κ1) is 34.1. The molecule has 13 nitrogen and oxygen atoms in total. The summed E-state index contributed by atoms with van der Waals surface area (Å²) in [7, 11) is -1.54. The number of pyridine rings is 1. The number of nitrogens with one attached hydrogen (secondary N) is 1. The van der Waals surface area contributed by atoms with Gasteiger partial charge in [-0.15, -0.1) is 6.58 Å². The summed E-state index contributed by atoms with van der Waals surface area (Å²) >= 11 is 0. The molecule has 0 bridgehead atoms. The zero-order chi connectivity index (χ0) is 32.6. The number of carbonyl (C=O) groups is 1. The Hall–Kier alpha value is -3.79. The Morgan fingerprint density at radius 1 is 1.27 bits per heavy atom. The molecule has 1 saturated carbocycles. The van der Waals surface area contributed by atoms with Crippen LogP contribution >= 0.6 is 0 Å². The van der Waals surface area contributed by atoms with Crippen LogP contribution in [-0.2, 0) is 29.3 Å². The quantitative estimate of drug-likeness (QED) is 0.0970. The average Bonchev–Trinajstić information content (AvgIpc) is 3.61. The van der Waals surface area contributed by atoms with E-state index in [0.717, 1.165) is 35.5 Å². The molecule has 3 N–H and O–H groups in total. The predicted molar refractivity (Wildman–Crippen MR) is 167 cm³/mol. The van der Waals surface area contributed by atoms with Crippen molar-refractivity contribution in [3.8, 4) is 0 Å². The number of carbonyl (C=O) groups excluding carboxylic acids is 1. The van der Waals surface area contributed by atoms with Gasteiger partial charge in [-0.25, -0.2) is 18.2 Å². The molecule has 45 heavy (non-hydrogen) atoms. The van der Waals surface area contributed by atoms with Crippen LogP contribution in [-0.4, -0.2) is 74.1 Å². The first-order chi connectivity index (χ1) is 21.6. The summed E-state index contributed by atoms with van der Waals surface area (Å²) in [5, 5.41) is 16.1. The third kappa shape index (κ3) is 7.72. The third-order valence-electron chi connectivity index (χ3n) is 8.30. The molecule has 1 aliphatic carbocycles. The number of rotatable bonds is 12. The van der Waals surface area contributed by atoms with Gasteiger partial charge in [0.05, 0.1) is 24.7 Å². The highest BCUT2D eigenvalue weighted by Crippen LogP contribution is 2.48. The topological polar surface area (TPSA) is 176 Å². The van der Waals surface area contributed by atoms with E-state index in [1.54, 1.807) is 7.11 Å². The molecule has 3 aromatic rings. The van der Waals surface area contributed by atoms with Crippen molar-refractivity contribution in [2.75, 3.05) is 33.9 Å². The number of nitrogens with two attached hydrogens (primary N) is 1. The standard InChI is InChI=1S/C18H22N2O2.C13H17N3O6S/c1-21-22-12-18-8-4-6-15(18)10-17(20-18)14-9-13-5-2-3-7-16(13)19-11-14;1-3-8-15(9-10(14)13(17)22-2)23(20,21)12-7-5-4-6-11(12)16(18)19/h2-3,5,7,9,11,15,17,20H,4,6,8,10,12H2,1H3;3-7,10H,1,8-9,14H2,2H3/t15-,17+,18+;/m0./s1. The Labute approximate surface area is 262 Å². The number of nitro benzene ring substituents is 1. The van der Waals surface area contributed by atoms with E-state index in [4.69, 9.17) is 15.5 Å². The fourth-order valence-electron chi connectivity index (χ4n) is 6.09. The molecule has 1 saturated heterocycles. The molecule has 5 rings (SSSR count). The number of hydrogen-bond donors (Lipinski definition) is 2. The highest BCUT2D eigenvalue weighted by molar-refractivity contribution is 7.89. The van der Waals surface area contributed by atoms with Crippen molar-refractivity contribution in [1.82, 2.24) is 14.6 Å². The molecule has 1 unspecified atom stereocenters. The number of methoxy groups -OCH3 is 1. The lowest BCUT2D eigenvalue weighted by molar-refractivity contribution is -0.387. The number of esters is 1. The molecule has 0 amide bonds. The monoisotopic (exact) mass is 641 g/mol. The van der Waals surface area contributed by atoms with E-state index in [-0.39, 0.29) is 12.1 Å². The summed E-state index contributed by atoms with van der Waals surface area (Å²) in [6.07, 6.45) is 8.18. The maximum Gasteiger partial charge on any atom is 0.324 e. The van der Waals surface area contributed by atoms with Crippen LogP contribution in [0.3, 0.4) is 0 Å². The van der Waals surface area contributed by atoms with Crippen LogP contribution in [0.15, 0.2) is 78.3 Å². The normalized spacial score (nSPS) is 21.5. The van der Waals surface area contributed by atoms with Gasteiger partial charge in [-0.2, -0.15) is 4.31 Å². The third-order valence-corrected chi connectivity index (χ3v) is 10.2. The second kappa shape index (κ2) is 15.0. The van der Waals surface area contributed by atoms with Crippen LogP contribution in [0, 0.1) is 16.0 Å². The molecular weight excluding hydrogens is 602 g/mol. The minimum absolute atomic E-state index is 0.0757.